The van der Waals surface area contributed by atoms with E-state index in [1.54, 1.807) is 6.92 Å². The van der Waals surface area contributed by atoms with Crippen LogP contribution in [0.25, 0.3) is 0 Å². The molecule has 1 aliphatic rings. The maximum Gasteiger partial charge on any atom is 0.134 e. The summed E-state index contributed by atoms with van der Waals surface area (Å²) in [7, 11) is 0. The molecule has 2 nitrogen and oxygen atoms in total. The molecule has 0 aliphatic heterocycles. The van der Waals surface area contributed by atoms with Crippen LogP contribution in [0, 0.1) is 22.7 Å². The molecule has 1 aromatic rings. The number of ketones is 1. The number of carbonyl (C=O) groups is 1. The van der Waals surface area contributed by atoms with Crippen LogP contribution >= 0.6 is 0 Å². The lowest BCUT2D eigenvalue weighted by Gasteiger charge is -2.43. The molecule has 0 bridgehead atoms. The van der Waals surface area contributed by atoms with E-state index < -0.39 is 0 Å². The summed E-state index contributed by atoms with van der Waals surface area (Å²) in [6, 6.07) is 12.6. The second-order valence-corrected chi connectivity index (χ2v) is 4.96. The van der Waals surface area contributed by atoms with E-state index in [1.165, 1.54) is 5.56 Å². The highest BCUT2D eigenvalue weighted by atomic mass is 16.1. The van der Waals surface area contributed by atoms with Gasteiger partial charge in [0.05, 0.1) is 11.5 Å². The van der Waals surface area contributed by atoms with Gasteiger partial charge in [-0.1, -0.05) is 30.3 Å². The first-order chi connectivity index (χ1) is 8.18. The standard InChI is InChI=1S/C15H17NO/c1-12(17)14-8-10-15(14,11-16)9-7-13-5-3-2-4-6-13/h2-6,14H,7-10H2,1H3. The summed E-state index contributed by atoms with van der Waals surface area (Å²) >= 11 is 0. The molecule has 2 unspecified atom stereocenters. The first-order valence-electron chi connectivity index (χ1n) is 6.13. The van der Waals surface area contributed by atoms with Crippen molar-refractivity contribution in [3.05, 3.63) is 35.9 Å². The van der Waals surface area contributed by atoms with Crippen LogP contribution in [-0.2, 0) is 11.2 Å². The van der Waals surface area contributed by atoms with Gasteiger partial charge in [0.25, 0.3) is 0 Å². The fourth-order valence-corrected chi connectivity index (χ4v) is 2.73. The van der Waals surface area contributed by atoms with Crippen LogP contribution < -0.4 is 0 Å². The predicted octanol–water partition coefficient (Wildman–Crippen LogP) is 3.13. The van der Waals surface area contributed by atoms with Crippen LogP contribution in [0.15, 0.2) is 30.3 Å². The number of nitriles is 1. The Morgan fingerprint density at radius 3 is 2.65 bits per heavy atom. The van der Waals surface area contributed by atoms with Gasteiger partial charge in [-0.25, -0.2) is 0 Å². The van der Waals surface area contributed by atoms with Crippen LogP contribution in [-0.4, -0.2) is 5.78 Å². The van der Waals surface area contributed by atoms with E-state index in [0.717, 1.165) is 25.7 Å². The fraction of sp³-hybridized carbons (Fsp3) is 0.467. The minimum absolute atomic E-state index is 0.0313. The number of aryl methyl sites for hydroxylation is 1. The van der Waals surface area contributed by atoms with Gasteiger partial charge in [0.1, 0.15) is 5.78 Å². The molecule has 2 rings (SSSR count). The summed E-state index contributed by atoms with van der Waals surface area (Å²) in [4.78, 5) is 11.5. The molecule has 1 saturated carbocycles. The number of Topliss-reactive ketones (excluding diaryl/α,β-unsaturated/α-hetero) is 1. The van der Waals surface area contributed by atoms with E-state index >= 15 is 0 Å². The number of benzene rings is 1. The van der Waals surface area contributed by atoms with Gasteiger partial charge in [-0.05, 0) is 38.2 Å². The van der Waals surface area contributed by atoms with E-state index in [4.69, 9.17) is 0 Å². The van der Waals surface area contributed by atoms with E-state index in [0.29, 0.717) is 0 Å². The van der Waals surface area contributed by atoms with Crippen LogP contribution in [0.3, 0.4) is 0 Å². The second-order valence-electron chi connectivity index (χ2n) is 4.96. The lowest BCUT2D eigenvalue weighted by Crippen LogP contribution is -2.43. The summed E-state index contributed by atoms with van der Waals surface area (Å²) in [6.07, 6.45) is 3.45. The third-order valence-electron chi connectivity index (χ3n) is 3.96. The number of nitrogens with zero attached hydrogens (tertiary/aromatic N) is 1. The second kappa shape index (κ2) is 4.71. The molecule has 1 fully saturated rings. The van der Waals surface area contributed by atoms with E-state index in [-0.39, 0.29) is 17.1 Å². The van der Waals surface area contributed by atoms with Crippen LogP contribution in [0.5, 0.6) is 0 Å². The monoisotopic (exact) mass is 227 g/mol. The van der Waals surface area contributed by atoms with Crippen LogP contribution in [0.4, 0.5) is 0 Å². The van der Waals surface area contributed by atoms with E-state index in [2.05, 4.69) is 18.2 Å². The minimum Gasteiger partial charge on any atom is -0.300 e. The van der Waals surface area contributed by atoms with Gasteiger partial charge in [-0.15, -0.1) is 0 Å². The van der Waals surface area contributed by atoms with Crippen molar-refractivity contribution in [2.45, 2.75) is 32.6 Å². The third kappa shape index (κ3) is 2.24. The van der Waals surface area contributed by atoms with Gasteiger partial charge in [0.15, 0.2) is 0 Å². The molecule has 0 spiro atoms. The Morgan fingerprint density at radius 2 is 2.18 bits per heavy atom. The van der Waals surface area contributed by atoms with Crippen LogP contribution in [0.2, 0.25) is 0 Å². The topological polar surface area (TPSA) is 40.9 Å². The third-order valence-corrected chi connectivity index (χ3v) is 3.96. The Hall–Kier alpha value is -1.62. The molecule has 2 atom stereocenters. The van der Waals surface area contributed by atoms with Gasteiger partial charge >= 0.3 is 0 Å². The van der Waals surface area contributed by atoms with Crippen LogP contribution in [0.1, 0.15) is 31.7 Å². The summed E-state index contributed by atoms with van der Waals surface area (Å²) in [6.45, 7) is 1.61. The molecule has 0 saturated heterocycles. The van der Waals surface area contributed by atoms with Gasteiger partial charge in [-0.3, -0.25) is 4.79 Å². The zero-order chi connectivity index (χ0) is 12.3. The molecule has 0 radical (unpaired) electrons. The molecular formula is C15H17NO. The highest BCUT2D eigenvalue weighted by molar-refractivity contribution is 5.80. The summed E-state index contributed by atoms with van der Waals surface area (Å²) < 4.78 is 0. The van der Waals surface area contributed by atoms with E-state index in [9.17, 15) is 10.1 Å². The van der Waals surface area contributed by atoms with Crippen molar-refractivity contribution >= 4 is 5.78 Å². The molecule has 17 heavy (non-hydrogen) atoms. The first-order valence-corrected chi connectivity index (χ1v) is 6.13. The molecule has 1 aromatic carbocycles. The lowest BCUT2D eigenvalue weighted by molar-refractivity contribution is -0.128. The molecule has 0 aromatic heterocycles. The van der Waals surface area contributed by atoms with Crippen molar-refractivity contribution in [1.82, 2.24) is 0 Å². The number of hydrogen-bond acceptors (Lipinski definition) is 2. The van der Waals surface area contributed by atoms with E-state index in [1.807, 2.05) is 18.2 Å². The SMILES string of the molecule is CC(=O)C1CCC1(C#N)CCc1ccccc1. The summed E-state index contributed by atoms with van der Waals surface area (Å²) in [5.41, 5.74) is 0.859. The Bertz CT molecular complexity index is 446. The summed E-state index contributed by atoms with van der Waals surface area (Å²) in [5.74, 6) is 0.141. The highest BCUT2D eigenvalue weighted by Gasteiger charge is 2.49. The number of hydrogen-bond donors (Lipinski definition) is 0. The smallest absolute Gasteiger partial charge is 0.134 e. The predicted molar refractivity (Wildman–Crippen MR) is 66.2 cm³/mol. The lowest BCUT2D eigenvalue weighted by atomic mass is 9.57. The normalized spacial score (nSPS) is 26.9. The van der Waals surface area contributed by atoms with Crippen molar-refractivity contribution in [2.24, 2.45) is 11.3 Å². The largest absolute Gasteiger partial charge is 0.300 e. The first kappa shape index (κ1) is 11.9. The zero-order valence-electron chi connectivity index (χ0n) is 10.1. The fourth-order valence-electron chi connectivity index (χ4n) is 2.73. The number of carbonyl (C=O) groups excluding carboxylic acids is 1. The van der Waals surface area contributed by atoms with Crippen molar-refractivity contribution in [1.29, 1.82) is 5.26 Å². The van der Waals surface area contributed by atoms with Gasteiger partial charge in [0, 0.05) is 5.92 Å². The molecular weight excluding hydrogens is 210 g/mol. The highest BCUT2D eigenvalue weighted by Crippen LogP contribution is 2.49. The molecule has 88 valence electrons. The number of rotatable bonds is 4. The molecule has 0 amide bonds. The Kier molecular flexibility index (Phi) is 3.28. The van der Waals surface area contributed by atoms with Crippen molar-refractivity contribution in [3.8, 4) is 6.07 Å². The maximum absolute atomic E-state index is 11.5. The Morgan fingerprint density at radius 1 is 1.47 bits per heavy atom. The molecule has 1 aliphatic carbocycles. The van der Waals surface area contributed by atoms with Crippen molar-refractivity contribution in [2.75, 3.05) is 0 Å². The maximum atomic E-state index is 11.5. The molecule has 2 heteroatoms. The van der Waals surface area contributed by atoms with Crippen molar-refractivity contribution in [3.63, 3.8) is 0 Å². The molecule has 0 heterocycles. The summed E-state index contributed by atoms with van der Waals surface area (Å²) in [5, 5.41) is 9.33. The van der Waals surface area contributed by atoms with Gasteiger partial charge in [-0.2, -0.15) is 5.26 Å². The Labute approximate surface area is 102 Å². The van der Waals surface area contributed by atoms with Gasteiger partial charge in [0.2, 0.25) is 0 Å². The molecule has 0 N–H and O–H groups in total. The minimum atomic E-state index is -0.387. The average molecular weight is 227 g/mol. The van der Waals surface area contributed by atoms with Gasteiger partial charge < -0.3 is 0 Å². The quantitative estimate of drug-likeness (QED) is 0.793. The zero-order valence-corrected chi connectivity index (χ0v) is 10.1. The average Bonchev–Trinajstić information content (AvgIpc) is 2.29. The van der Waals surface area contributed by atoms with Crippen molar-refractivity contribution < 1.29 is 4.79 Å². The Balaban J connectivity index is 2.02.